The minimum absolute atomic E-state index is 0.115. The van der Waals surface area contributed by atoms with E-state index >= 15 is 0 Å². The summed E-state index contributed by atoms with van der Waals surface area (Å²) in [6.07, 6.45) is 1.74. The number of carboxylic acid groups (broad SMARTS) is 1. The van der Waals surface area contributed by atoms with Gasteiger partial charge in [0.15, 0.2) is 0 Å². The van der Waals surface area contributed by atoms with Crippen LogP contribution in [0.1, 0.15) is 21.5 Å². The summed E-state index contributed by atoms with van der Waals surface area (Å²) in [4.78, 5) is 41.1. The molecule has 4 rings (SSSR count). The molecule has 10 heteroatoms. The molecular formula is C27H23N5O5. The maximum Gasteiger partial charge on any atom is 0.326 e. The Hall–Kier alpha value is -5.17. The van der Waals surface area contributed by atoms with Gasteiger partial charge in [0.05, 0.1) is 18.7 Å². The van der Waals surface area contributed by atoms with Gasteiger partial charge in [0.2, 0.25) is 0 Å². The number of anilines is 1. The lowest BCUT2D eigenvalue weighted by molar-refractivity contribution is -0.139. The molecule has 0 spiro atoms. The summed E-state index contributed by atoms with van der Waals surface area (Å²) in [7, 11) is 1.28. The maximum absolute atomic E-state index is 13.0. The van der Waals surface area contributed by atoms with Crippen LogP contribution in [-0.4, -0.2) is 52.0 Å². The van der Waals surface area contributed by atoms with Gasteiger partial charge in [-0.1, -0.05) is 42.5 Å². The molecule has 10 nitrogen and oxygen atoms in total. The van der Waals surface area contributed by atoms with Crippen LogP contribution in [0.25, 0.3) is 16.9 Å². The molecule has 0 aliphatic rings. The van der Waals surface area contributed by atoms with Gasteiger partial charge < -0.3 is 20.5 Å². The Morgan fingerprint density at radius 2 is 1.84 bits per heavy atom. The van der Waals surface area contributed by atoms with Crippen molar-refractivity contribution in [3.8, 4) is 17.3 Å². The van der Waals surface area contributed by atoms with Gasteiger partial charge in [-0.3, -0.25) is 14.0 Å². The number of carbonyl (C=O) groups excluding carboxylic acids is 2. The highest BCUT2D eigenvalue weighted by molar-refractivity contribution is 5.97. The van der Waals surface area contributed by atoms with E-state index in [2.05, 4.69) is 21.7 Å². The smallest absolute Gasteiger partial charge is 0.326 e. The van der Waals surface area contributed by atoms with E-state index in [0.29, 0.717) is 28.3 Å². The Bertz CT molecular complexity index is 1490. The fourth-order valence-corrected chi connectivity index (χ4v) is 3.78. The number of nitriles is 1. The third-order valence-electron chi connectivity index (χ3n) is 5.69. The number of hydrogen-bond donors (Lipinski definition) is 3. The first-order chi connectivity index (χ1) is 17.9. The molecule has 1 amide bonds. The Morgan fingerprint density at radius 1 is 1.11 bits per heavy atom. The standard InChI is InChI=1S/C27H23N5O5/c1-37-23(33)16-29-25-24(19-9-7-18(15-28)8-10-19)31-22-14-20(11-12-32(22)25)26(34)30-21(27(35)36)13-17-5-3-2-4-6-17/h2-12,14,21,29H,13,16H2,1H3,(H,30,34)(H,35,36). The van der Waals surface area contributed by atoms with Crippen LogP contribution >= 0.6 is 0 Å². The van der Waals surface area contributed by atoms with E-state index in [0.717, 1.165) is 5.56 Å². The van der Waals surface area contributed by atoms with E-state index in [-0.39, 0.29) is 18.5 Å². The molecular weight excluding hydrogens is 474 g/mol. The number of rotatable bonds is 9. The number of carboxylic acids is 1. The zero-order valence-corrected chi connectivity index (χ0v) is 19.8. The maximum atomic E-state index is 13.0. The van der Waals surface area contributed by atoms with Crippen LogP contribution in [0.4, 0.5) is 5.82 Å². The quantitative estimate of drug-likeness (QED) is 0.299. The first kappa shape index (κ1) is 24.9. The molecule has 1 unspecified atom stereocenters. The van der Waals surface area contributed by atoms with Crippen LogP contribution in [0, 0.1) is 11.3 Å². The van der Waals surface area contributed by atoms with Gasteiger partial charge in [0.1, 0.15) is 29.7 Å². The van der Waals surface area contributed by atoms with Crippen molar-refractivity contribution in [3.05, 3.63) is 89.6 Å². The predicted molar refractivity (Wildman–Crippen MR) is 135 cm³/mol. The molecule has 0 fully saturated rings. The summed E-state index contributed by atoms with van der Waals surface area (Å²) in [6, 6.07) is 19.8. The topological polar surface area (TPSA) is 146 Å². The van der Waals surface area contributed by atoms with Crippen molar-refractivity contribution in [1.29, 1.82) is 5.26 Å². The fraction of sp³-hybridized carbons (Fsp3) is 0.148. The number of carbonyl (C=O) groups is 3. The molecule has 0 aliphatic heterocycles. The van der Waals surface area contributed by atoms with E-state index < -0.39 is 23.9 Å². The average Bonchev–Trinajstić information content (AvgIpc) is 3.29. The molecule has 37 heavy (non-hydrogen) atoms. The van der Waals surface area contributed by atoms with Gasteiger partial charge in [-0.25, -0.2) is 9.78 Å². The number of methoxy groups -OCH3 is 1. The first-order valence-corrected chi connectivity index (χ1v) is 11.3. The van der Waals surface area contributed by atoms with Crippen LogP contribution in [0.2, 0.25) is 0 Å². The summed E-state index contributed by atoms with van der Waals surface area (Å²) < 4.78 is 6.39. The zero-order chi connectivity index (χ0) is 26.4. The highest BCUT2D eigenvalue weighted by Gasteiger charge is 2.22. The highest BCUT2D eigenvalue weighted by Crippen LogP contribution is 2.29. The van der Waals surface area contributed by atoms with Crippen molar-refractivity contribution >= 4 is 29.3 Å². The number of esters is 1. The second-order valence-corrected chi connectivity index (χ2v) is 8.13. The number of ether oxygens (including phenoxy) is 1. The Kier molecular flexibility index (Phi) is 7.45. The van der Waals surface area contributed by atoms with Gasteiger partial charge in [-0.2, -0.15) is 5.26 Å². The summed E-state index contributed by atoms with van der Waals surface area (Å²) >= 11 is 0. The minimum atomic E-state index is -1.14. The lowest BCUT2D eigenvalue weighted by Crippen LogP contribution is -2.42. The van der Waals surface area contributed by atoms with E-state index in [1.54, 1.807) is 59.1 Å². The van der Waals surface area contributed by atoms with Crippen molar-refractivity contribution in [2.75, 3.05) is 19.0 Å². The van der Waals surface area contributed by atoms with E-state index in [1.165, 1.54) is 19.2 Å². The number of benzene rings is 2. The molecule has 0 saturated carbocycles. The van der Waals surface area contributed by atoms with Crippen molar-refractivity contribution < 1.29 is 24.2 Å². The summed E-state index contributed by atoms with van der Waals surface area (Å²) in [5.74, 6) is -1.69. The van der Waals surface area contributed by atoms with Crippen LogP contribution in [0.15, 0.2) is 72.9 Å². The molecule has 0 radical (unpaired) electrons. The number of aromatic nitrogens is 2. The number of aliphatic carboxylic acids is 1. The van der Waals surface area contributed by atoms with E-state index in [1.807, 2.05) is 6.07 Å². The number of hydrogen-bond acceptors (Lipinski definition) is 7. The Morgan fingerprint density at radius 3 is 2.49 bits per heavy atom. The molecule has 186 valence electrons. The molecule has 0 bridgehead atoms. The van der Waals surface area contributed by atoms with Crippen LogP contribution < -0.4 is 10.6 Å². The molecule has 0 saturated heterocycles. The average molecular weight is 498 g/mol. The second kappa shape index (κ2) is 11.0. The Labute approximate surface area is 212 Å². The largest absolute Gasteiger partial charge is 0.480 e. The summed E-state index contributed by atoms with van der Waals surface area (Å²) in [5, 5.41) is 24.3. The van der Waals surface area contributed by atoms with Crippen molar-refractivity contribution in [2.24, 2.45) is 0 Å². The lowest BCUT2D eigenvalue weighted by atomic mass is 10.1. The van der Waals surface area contributed by atoms with Crippen LogP contribution in [0.3, 0.4) is 0 Å². The number of imidazole rings is 1. The number of nitrogens with zero attached hydrogens (tertiary/aromatic N) is 3. The van der Waals surface area contributed by atoms with Crippen molar-refractivity contribution in [2.45, 2.75) is 12.5 Å². The lowest BCUT2D eigenvalue weighted by Gasteiger charge is -2.15. The van der Waals surface area contributed by atoms with E-state index in [4.69, 9.17) is 10.00 Å². The van der Waals surface area contributed by atoms with Gasteiger partial charge in [-0.15, -0.1) is 0 Å². The van der Waals surface area contributed by atoms with Crippen LogP contribution in [0.5, 0.6) is 0 Å². The summed E-state index contributed by atoms with van der Waals surface area (Å²) in [5.41, 5.74) is 3.08. The first-order valence-electron chi connectivity index (χ1n) is 11.3. The SMILES string of the molecule is COC(=O)CNc1c(-c2ccc(C#N)cc2)nc2cc(C(=O)NC(Cc3ccccc3)C(=O)O)ccn12. The fourth-order valence-electron chi connectivity index (χ4n) is 3.78. The van der Waals surface area contributed by atoms with Gasteiger partial charge in [0.25, 0.3) is 5.91 Å². The third-order valence-corrected chi connectivity index (χ3v) is 5.69. The number of fused-ring (bicyclic) bond motifs is 1. The highest BCUT2D eigenvalue weighted by atomic mass is 16.5. The van der Waals surface area contributed by atoms with Gasteiger partial charge in [-0.05, 0) is 29.8 Å². The van der Waals surface area contributed by atoms with Gasteiger partial charge in [0, 0.05) is 23.7 Å². The normalized spacial score (nSPS) is 11.4. The molecule has 4 aromatic rings. The summed E-state index contributed by atoms with van der Waals surface area (Å²) in [6.45, 7) is -0.115. The van der Waals surface area contributed by atoms with Gasteiger partial charge >= 0.3 is 11.9 Å². The Balaban J connectivity index is 1.65. The van der Waals surface area contributed by atoms with Crippen molar-refractivity contribution in [1.82, 2.24) is 14.7 Å². The molecule has 3 N–H and O–H groups in total. The molecule has 2 heterocycles. The third kappa shape index (κ3) is 5.74. The molecule has 2 aromatic heterocycles. The zero-order valence-electron chi connectivity index (χ0n) is 19.8. The van der Waals surface area contributed by atoms with Crippen molar-refractivity contribution in [3.63, 3.8) is 0 Å². The number of amides is 1. The number of pyridine rings is 1. The molecule has 0 aliphatic carbocycles. The monoisotopic (exact) mass is 497 g/mol. The predicted octanol–water partition coefficient (Wildman–Crippen LogP) is 2.88. The number of nitrogens with one attached hydrogen (secondary N) is 2. The molecule has 1 atom stereocenters. The molecule has 2 aromatic carbocycles. The minimum Gasteiger partial charge on any atom is -0.480 e. The van der Waals surface area contributed by atoms with Crippen LogP contribution in [-0.2, 0) is 20.7 Å². The second-order valence-electron chi connectivity index (χ2n) is 8.13. The van der Waals surface area contributed by atoms with E-state index in [9.17, 15) is 19.5 Å².